The molecule has 28 heavy (non-hydrogen) atoms. The SMILES string of the molecule is NC(N)=NC(N)=Nc1ccc(S(=O)c2ccc(N=C(N)N=C(N)N)cc2)cc1. The lowest BCUT2D eigenvalue weighted by Gasteiger charge is -2.04. The van der Waals surface area contributed by atoms with Crippen molar-refractivity contribution in [1.82, 2.24) is 0 Å². The van der Waals surface area contributed by atoms with E-state index in [1.165, 1.54) is 0 Å². The fraction of sp³-hybridized carbons (Fsp3) is 0. The van der Waals surface area contributed by atoms with Crippen molar-refractivity contribution >= 4 is 46.0 Å². The van der Waals surface area contributed by atoms with Gasteiger partial charge in [-0.3, -0.25) is 0 Å². The second-order valence-corrected chi connectivity index (χ2v) is 6.75. The van der Waals surface area contributed by atoms with Crippen molar-refractivity contribution in [2.45, 2.75) is 9.79 Å². The van der Waals surface area contributed by atoms with E-state index in [2.05, 4.69) is 20.0 Å². The van der Waals surface area contributed by atoms with Gasteiger partial charge < -0.3 is 34.4 Å². The van der Waals surface area contributed by atoms with Crippen molar-refractivity contribution in [2.24, 2.45) is 54.4 Å². The standard InChI is InChI=1S/C16H20N10OS/c17-13(18)25-15(21)23-9-1-5-11(6-2-9)28(27)12-7-3-10(4-8-12)24-16(22)26-14(19)20/h1-8H,(H6,17,18,21,23,25)(H6,19,20,22,24,26). The van der Waals surface area contributed by atoms with Crippen molar-refractivity contribution < 1.29 is 4.21 Å². The first-order valence-corrected chi connectivity index (χ1v) is 8.89. The van der Waals surface area contributed by atoms with E-state index in [0.717, 1.165) is 0 Å². The van der Waals surface area contributed by atoms with Crippen LogP contribution in [0, 0.1) is 0 Å². The summed E-state index contributed by atoms with van der Waals surface area (Å²) in [4.78, 5) is 16.4. The summed E-state index contributed by atoms with van der Waals surface area (Å²) in [5.74, 6) is -0.534. The zero-order chi connectivity index (χ0) is 20.7. The topological polar surface area (TPSA) is 223 Å². The largest absolute Gasteiger partial charge is 0.370 e. The number of hydrogen-bond acceptors (Lipinski definition) is 3. The highest BCUT2D eigenvalue weighted by molar-refractivity contribution is 7.85. The molecule has 2 aromatic rings. The molecule has 0 aliphatic heterocycles. The molecule has 0 unspecified atom stereocenters. The van der Waals surface area contributed by atoms with Gasteiger partial charge in [0.05, 0.1) is 22.2 Å². The summed E-state index contributed by atoms with van der Waals surface area (Å²) in [6.45, 7) is 0. The van der Waals surface area contributed by atoms with Gasteiger partial charge in [-0.2, -0.15) is 9.98 Å². The van der Waals surface area contributed by atoms with Crippen LogP contribution in [0.5, 0.6) is 0 Å². The van der Waals surface area contributed by atoms with E-state index in [1.807, 2.05) is 0 Å². The summed E-state index contributed by atoms with van der Waals surface area (Å²) in [5.41, 5.74) is 33.1. The number of guanidine groups is 4. The first-order chi connectivity index (χ1) is 13.2. The lowest BCUT2D eigenvalue weighted by Crippen LogP contribution is -2.26. The molecule has 0 aliphatic carbocycles. The molecule has 0 saturated heterocycles. The molecule has 0 atom stereocenters. The second-order valence-electron chi connectivity index (χ2n) is 5.27. The normalized spacial score (nSPS) is 12.9. The summed E-state index contributed by atoms with van der Waals surface area (Å²) in [5, 5.41) is 0. The third-order valence-electron chi connectivity index (χ3n) is 3.08. The Morgan fingerprint density at radius 2 is 0.929 bits per heavy atom. The van der Waals surface area contributed by atoms with E-state index in [9.17, 15) is 4.21 Å². The zero-order valence-corrected chi connectivity index (χ0v) is 15.5. The summed E-state index contributed by atoms with van der Waals surface area (Å²) >= 11 is 0. The molecular formula is C16H20N10OS. The smallest absolute Gasteiger partial charge is 0.223 e. The Kier molecular flexibility index (Phi) is 6.65. The number of aliphatic imine (C=N–C) groups is 4. The minimum atomic E-state index is -1.40. The molecule has 0 spiro atoms. The molecule has 0 saturated carbocycles. The average molecular weight is 400 g/mol. The van der Waals surface area contributed by atoms with Crippen LogP contribution in [0.2, 0.25) is 0 Å². The molecule has 0 aromatic heterocycles. The number of benzene rings is 2. The number of rotatable bonds is 4. The van der Waals surface area contributed by atoms with E-state index in [-0.39, 0.29) is 23.8 Å². The number of nitrogens with zero attached hydrogens (tertiary/aromatic N) is 4. The minimum absolute atomic E-state index is 0.0787. The van der Waals surface area contributed by atoms with Crippen molar-refractivity contribution in [3.63, 3.8) is 0 Å². The molecule has 0 bridgehead atoms. The van der Waals surface area contributed by atoms with Gasteiger partial charge >= 0.3 is 0 Å². The summed E-state index contributed by atoms with van der Waals surface area (Å²) in [7, 11) is -1.40. The van der Waals surface area contributed by atoms with Gasteiger partial charge in [0, 0.05) is 9.79 Å². The molecule has 0 fully saturated rings. The Morgan fingerprint density at radius 3 is 1.21 bits per heavy atom. The van der Waals surface area contributed by atoms with Crippen LogP contribution in [-0.2, 0) is 10.8 Å². The van der Waals surface area contributed by atoms with Gasteiger partial charge in [0.2, 0.25) is 11.9 Å². The summed E-state index contributed by atoms with van der Waals surface area (Å²) < 4.78 is 12.7. The Morgan fingerprint density at radius 1 is 0.607 bits per heavy atom. The maximum Gasteiger partial charge on any atom is 0.223 e. The number of hydrogen-bond donors (Lipinski definition) is 6. The highest BCUT2D eigenvalue weighted by Crippen LogP contribution is 2.22. The first kappa shape index (κ1) is 20.4. The molecule has 2 rings (SSSR count). The maximum atomic E-state index is 12.7. The van der Waals surface area contributed by atoms with Crippen LogP contribution >= 0.6 is 0 Å². The maximum absolute atomic E-state index is 12.7. The van der Waals surface area contributed by atoms with Crippen molar-refractivity contribution in [2.75, 3.05) is 0 Å². The summed E-state index contributed by atoms with van der Waals surface area (Å²) in [6.07, 6.45) is 0. The quantitative estimate of drug-likeness (QED) is 0.285. The van der Waals surface area contributed by atoms with Crippen LogP contribution < -0.4 is 34.4 Å². The van der Waals surface area contributed by atoms with Gasteiger partial charge in [0.1, 0.15) is 0 Å². The van der Waals surface area contributed by atoms with Crippen LogP contribution in [0.15, 0.2) is 78.3 Å². The van der Waals surface area contributed by atoms with Crippen LogP contribution in [0.4, 0.5) is 11.4 Å². The van der Waals surface area contributed by atoms with Crippen molar-refractivity contribution in [3.8, 4) is 0 Å². The van der Waals surface area contributed by atoms with E-state index in [1.54, 1.807) is 48.5 Å². The van der Waals surface area contributed by atoms with E-state index >= 15 is 0 Å². The zero-order valence-electron chi connectivity index (χ0n) is 14.7. The Hall–Kier alpha value is -3.93. The monoisotopic (exact) mass is 400 g/mol. The fourth-order valence-corrected chi connectivity index (χ4v) is 3.04. The second kappa shape index (κ2) is 9.14. The lowest BCUT2D eigenvalue weighted by molar-refractivity contribution is 0.683. The third kappa shape index (κ3) is 6.10. The van der Waals surface area contributed by atoms with Crippen LogP contribution in [0.3, 0.4) is 0 Å². The molecular weight excluding hydrogens is 380 g/mol. The summed E-state index contributed by atoms with van der Waals surface area (Å²) in [6, 6.07) is 13.3. The fourth-order valence-electron chi connectivity index (χ4n) is 2.00. The Balaban J connectivity index is 2.16. The van der Waals surface area contributed by atoms with Gasteiger partial charge in [-0.15, -0.1) is 0 Å². The van der Waals surface area contributed by atoms with Crippen molar-refractivity contribution in [3.05, 3.63) is 48.5 Å². The van der Waals surface area contributed by atoms with Crippen LogP contribution in [-0.4, -0.2) is 28.0 Å². The average Bonchev–Trinajstić information content (AvgIpc) is 2.61. The predicted octanol–water partition coefficient (Wildman–Crippen LogP) is -0.707. The Labute approximate surface area is 163 Å². The lowest BCUT2D eigenvalue weighted by atomic mass is 10.3. The van der Waals surface area contributed by atoms with Gasteiger partial charge in [-0.25, -0.2) is 14.2 Å². The third-order valence-corrected chi connectivity index (χ3v) is 4.48. The molecule has 12 heteroatoms. The molecule has 11 nitrogen and oxygen atoms in total. The van der Waals surface area contributed by atoms with Gasteiger partial charge in [0.25, 0.3) is 0 Å². The Bertz CT molecular complexity index is 890. The van der Waals surface area contributed by atoms with Gasteiger partial charge in [-0.05, 0) is 48.5 Å². The van der Waals surface area contributed by atoms with E-state index in [4.69, 9.17) is 34.4 Å². The molecule has 146 valence electrons. The molecule has 2 aromatic carbocycles. The predicted molar refractivity (Wildman–Crippen MR) is 112 cm³/mol. The van der Waals surface area contributed by atoms with Gasteiger partial charge in [-0.1, -0.05) is 0 Å². The van der Waals surface area contributed by atoms with Crippen molar-refractivity contribution in [1.29, 1.82) is 0 Å². The number of nitrogens with two attached hydrogens (primary N) is 6. The van der Waals surface area contributed by atoms with Crippen LogP contribution in [0.1, 0.15) is 0 Å². The molecule has 0 amide bonds. The first-order valence-electron chi connectivity index (χ1n) is 7.74. The van der Waals surface area contributed by atoms with E-state index in [0.29, 0.717) is 21.2 Å². The van der Waals surface area contributed by atoms with E-state index < -0.39 is 10.8 Å². The highest BCUT2D eigenvalue weighted by Gasteiger charge is 2.07. The molecule has 12 N–H and O–H groups in total. The van der Waals surface area contributed by atoms with Gasteiger partial charge in [0.15, 0.2) is 11.9 Å². The molecule has 0 heterocycles. The molecule has 0 aliphatic rings. The van der Waals surface area contributed by atoms with Crippen LogP contribution in [0.25, 0.3) is 0 Å². The minimum Gasteiger partial charge on any atom is -0.370 e. The molecule has 0 radical (unpaired) electrons. The highest BCUT2D eigenvalue weighted by atomic mass is 32.2.